The van der Waals surface area contributed by atoms with Gasteiger partial charge in [0.15, 0.2) is 0 Å². The number of aliphatic carboxylic acids is 1. The number of rotatable bonds is 9. The first-order chi connectivity index (χ1) is 23.3. The third-order valence-corrected chi connectivity index (χ3v) is 8.84. The molecule has 50 heavy (non-hydrogen) atoms. The molecule has 0 amide bonds. The summed E-state index contributed by atoms with van der Waals surface area (Å²) in [6, 6.07) is 29.9. The fourth-order valence-electron chi connectivity index (χ4n) is 6.26. The van der Waals surface area contributed by atoms with Crippen LogP contribution in [-0.4, -0.2) is 40.7 Å². The van der Waals surface area contributed by atoms with Crippen molar-refractivity contribution in [3.05, 3.63) is 142 Å². The van der Waals surface area contributed by atoms with Crippen LogP contribution in [-0.2, 0) is 30.5 Å². The average Bonchev–Trinajstić information content (AvgIpc) is 3.04. The standard InChI is InChI=1S/C36H38O6S.C5H10O2/c1-24-28(32(37)42-35(5,6)7)23-29(30(31(24)34(2,3)4)33(38)43(39,40)41)36(25-17-11-8-12-18-25,26-19-13-9-14-20-26)27-21-15-10-16-22-27;1-2-3-4-5(6)7/h8-23H,1-7H3,(H,39,40,41);2-4H2,1H3,(H,6,7). The zero-order valence-electron chi connectivity index (χ0n) is 30.1. The highest BCUT2D eigenvalue weighted by Gasteiger charge is 2.45. The molecule has 0 aliphatic carbocycles. The van der Waals surface area contributed by atoms with E-state index in [1.165, 1.54) is 0 Å². The molecule has 0 heterocycles. The van der Waals surface area contributed by atoms with Crippen molar-refractivity contribution < 1.29 is 37.2 Å². The molecule has 0 aromatic heterocycles. The van der Waals surface area contributed by atoms with E-state index in [0.717, 1.165) is 29.5 Å². The van der Waals surface area contributed by atoms with Crippen molar-refractivity contribution in [3.63, 3.8) is 0 Å². The van der Waals surface area contributed by atoms with E-state index in [2.05, 4.69) is 0 Å². The monoisotopic (exact) mass is 700 g/mol. The number of benzene rings is 4. The van der Waals surface area contributed by atoms with Crippen LogP contribution in [0.5, 0.6) is 0 Å². The lowest BCUT2D eigenvalue weighted by Gasteiger charge is -2.40. The van der Waals surface area contributed by atoms with Gasteiger partial charge in [-0.2, -0.15) is 8.42 Å². The molecule has 0 aliphatic rings. The Hall–Kier alpha value is -4.60. The highest BCUT2D eigenvalue weighted by Crippen LogP contribution is 2.49. The molecule has 0 aliphatic heterocycles. The van der Waals surface area contributed by atoms with Crippen LogP contribution in [0.4, 0.5) is 0 Å². The van der Waals surface area contributed by atoms with Gasteiger partial charge in [0.25, 0.3) is 0 Å². The molecule has 0 saturated carbocycles. The third kappa shape index (κ3) is 9.14. The smallest absolute Gasteiger partial charge is 0.338 e. The Morgan fingerprint density at radius 2 is 1.16 bits per heavy atom. The quantitative estimate of drug-likeness (QED) is 0.100. The summed E-state index contributed by atoms with van der Waals surface area (Å²) < 4.78 is 41.6. The minimum absolute atomic E-state index is 0.170. The van der Waals surface area contributed by atoms with E-state index in [1.54, 1.807) is 33.8 Å². The minimum Gasteiger partial charge on any atom is -0.481 e. The Bertz CT molecular complexity index is 1810. The summed E-state index contributed by atoms with van der Waals surface area (Å²) >= 11 is 0. The van der Waals surface area contributed by atoms with Gasteiger partial charge < -0.3 is 9.84 Å². The molecule has 0 radical (unpaired) electrons. The van der Waals surface area contributed by atoms with E-state index in [4.69, 9.17) is 9.84 Å². The summed E-state index contributed by atoms with van der Waals surface area (Å²) in [5, 5.41) is 6.61. The molecule has 0 saturated heterocycles. The Labute approximate surface area is 296 Å². The lowest BCUT2D eigenvalue weighted by atomic mass is 9.62. The SMILES string of the molecule is CCCCC(=O)O.Cc1c(C(=O)OC(C)(C)C)cc(C(c2ccccc2)(c2ccccc2)c2ccccc2)c(C(=O)S(=O)(=O)O)c1C(C)(C)C. The molecule has 4 rings (SSSR count). The van der Waals surface area contributed by atoms with Crippen molar-refractivity contribution in [3.8, 4) is 0 Å². The highest BCUT2D eigenvalue weighted by atomic mass is 32.2. The average molecular weight is 701 g/mol. The molecule has 4 aromatic carbocycles. The normalized spacial score (nSPS) is 12.0. The molecule has 0 unspecified atom stereocenters. The molecule has 0 bridgehead atoms. The largest absolute Gasteiger partial charge is 0.481 e. The summed E-state index contributed by atoms with van der Waals surface area (Å²) in [7, 11) is -5.20. The zero-order valence-corrected chi connectivity index (χ0v) is 30.9. The molecule has 8 nitrogen and oxygen atoms in total. The number of carbonyl (C=O) groups is 3. The van der Waals surface area contributed by atoms with Crippen LogP contribution in [0.15, 0.2) is 97.1 Å². The summed E-state index contributed by atoms with van der Waals surface area (Å²) in [5.41, 5.74) is 0.277. The summed E-state index contributed by atoms with van der Waals surface area (Å²) in [5.74, 6) is -1.30. The van der Waals surface area contributed by atoms with E-state index in [-0.39, 0.29) is 16.7 Å². The maximum atomic E-state index is 14.0. The fraction of sp³-hybridized carbons (Fsp3) is 0.341. The summed E-state index contributed by atoms with van der Waals surface area (Å²) in [6.07, 6.45) is 2.08. The van der Waals surface area contributed by atoms with Crippen LogP contribution in [0, 0.1) is 6.92 Å². The Morgan fingerprint density at radius 3 is 1.46 bits per heavy atom. The van der Waals surface area contributed by atoms with Crippen molar-refractivity contribution in [2.75, 3.05) is 0 Å². The Balaban J connectivity index is 0.000000872. The van der Waals surface area contributed by atoms with Crippen LogP contribution >= 0.6 is 0 Å². The van der Waals surface area contributed by atoms with Crippen LogP contribution in [0.1, 0.15) is 122 Å². The second-order valence-electron chi connectivity index (χ2n) is 14.2. The zero-order chi connectivity index (χ0) is 37.5. The molecule has 0 atom stereocenters. The van der Waals surface area contributed by atoms with Crippen LogP contribution < -0.4 is 0 Å². The van der Waals surface area contributed by atoms with Gasteiger partial charge in [0.05, 0.1) is 11.0 Å². The summed E-state index contributed by atoms with van der Waals surface area (Å²) in [6.45, 7) is 14.5. The van der Waals surface area contributed by atoms with E-state index >= 15 is 0 Å². The first kappa shape index (κ1) is 39.8. The van der Waals surface area contributed by atoms with E-state index in [0.29, 0.717) is 17.5 Å². The number of carboxylic acids is 1. The van der Waals surface area contributed by atoms with Crippen molar-refractivity contribution in [2.45, 2.75) is 91.1 Å². The first-order valence-corrected chi connectivity index (χ1v) is 18.0. The number of hydrogen-bond acceptors (Lipinski definition) is 6. The van der Waals surface area contributed by atoms with Crippen molar-refractivity contribution >= 4 is 27.2 Å². The highest BCUT2D eigenvalue weighted by molar-refractivity contribution is 8.01. The van der Waals surface area contributed by atoms with Crippen LogP contribution in [0.3, 0.4) is 0 Å². The number of hydrogen-bond donors (Lipinski definition) is 2. The topological polar surface area (TPSA) is 135 Å². The summed E-state index contributed by atoms with van der Waals surface area (Å²) in [4.78, 5) is 37.6. The van der Waals surface area contributed by atoms with Crippen LogP contribution in [0.25, 0.3) is 0 Å². The van der Waals surface area contributed by atoms with Gasteiger partial charge in [0.2, 0.25) is 0 Å². The maximum Gasteiger partial charge on any atom is 0.338 e. The number of carboxylic acid groups (broad SMARTS) is 1. The van der Waals surface area contributed by atoms with Crippen molar-refractivity contribution in [1.82, 2.24) is 0 Å². The van der Waals surface area contributed by atoms with Gasteiger partial charge in [-0.1, -0.05) is 125 Å². The number of unbranched alkanes of at least 4 members (excludes halogenated alkanes) is 1. The van der Waals surface area contributed by atoms with Gasteiger partial charge in [-0.15, -0.1) is 0 Å². The maximum absolute atomic E-state index is 14.0. The van der Waals surface area contributed by atoms with E-state index in [1.807, 2.05) is 119 Å². The van der Waals surface area contributed by atoms with E-state index < -0.39 is 43.6 Å². The lowest BCUT2D eigenvalue weighted by Crippen LogP contribution is -2.37. The Morgan fingerprint density at radius 1 is 0.740 bits per heavy atom. The van der Waals surface area contributed by atoms with E-state index in [9.17, 15) is 27.4 Å². The second-order valence-corrected chi connectivity index (χ2v) is 15.5. The minimum atomic E-state index is -5.20. The van der Waals surface area contributed by atoms with Crippen molar-refractivity contribution in [1.29, 1.82) is 0 Å². The predicted molar refractivity (Wildman–Crippen MR) is 196 cm³/mol. The van der Waals surface area contributed by atoms with Gasteiger partial charge in [-0.05, 0) is 79.0 Å². The predicted octanol–water partition coefficient (Wildman–Crippen LogP) is 8.92. The van der Waals surface area contributed by atoms with Gasteiger partial charge in [0.1, 0.15) is 5.60 Å². The van der Waals surface area contributed by atoms with Gasteiger partial charge >= 0.3 is 27.2 Å². The van der Waals surface area contributed by atoms with Gasteiger partial charge in [-0.3, -0.25) is 14.1 Å². The molecule has 4 aromatic rings. The third-order valence-electron chi connectivity index (χ3n) is 8.16. The molecular weight excluding hydrogens is 653 g/mol. The van der Waals surface area contributed by atoms with Gasteiger partial charge in [-0.25, -0.2) is 4.79 Å². The molecular formula is C41H48O8S. The molecule has 9 heteroatoms. The molecule has 266 valence electrons. The Kier molecular flexibility index (Phi) is 12.7. The van der Waals surface area contributed by atoms with Gasteiger partial charge in [0, 0.05) is 12.0 Å². The lowest BCUT2D eigenvalue weighted by molar-refractivity contribution is -0.137. The molecule has 0 spiro atoms. The second kappa shape index (κ2) is 16.0. The number of esters is 1. The number of carbonyl (C=O) groups excluding carboxylic acids is 2. The number of ether oxygens (including phenoxy) is 1. The molecule has 0 fully saturated rings. The first-order valence-electron chi connectivity index (χ1n) is 16.6. The van der Waals surface area contributed by atoms with Crippen LogP contribution in [0.2, 0.25) is 0 Å². The molecule has 2 N–H and O–H groups in total. The van der Waals surface area contributed by atoms with Crippen molar-refractivity contribution in [2.24, 2.45) is 0 Å². The fourth-order valence-corrected chi connectivity index (χ4v) is 6.73.